The molecule has 25 heavy (non-hydrogen) atoms. The normalized spacial score (nSPS) is 16.9. The molecule has 1 atom stereocenters. The van der Waals surface area contributed by atoms with Crippen LogP contribution in [0.2, 0.25) is 5.02 Å². The fraction of sp³-hybridized carbons (Fsp3) is 0.294. The molecule has 2 aromatic carbocycles. The maximum absolute atomic E-state index is 13.0. The molecule has 0 aliphatic heterocycles. The minimum Gasteiger partial charge on any atom is -0.258 e. The van der Waals surface area contributed by atoms with Gasteiger partial charge in [0, 0.05) is 18.7 Å². The highest BCUT2D eigenvalue weighted by Gasteiger charge is 2.34. The molecule has 1 aliphatic carbocycles. The Labute approximate surface area is 151 Å². The number of hydrogen-bond donors (Lipinski definition) is 0. The molecule has 0 saturated carbocycles. The second-order valence-electron chi connectivity index (χ2n) is 6.08. The fourth-order valence-corrected chi connectivity index (χ4v) is 4.92. The van der Waals surface area contributed by atoms with Crippen LogP contribution in [0.3, 0.4) is 0 Å². The predicted octanol–water partition coefficient (Wildman–Crippen LogP) is 3.86. The van der Waals surface area contributed by atoms with E-state index >= 15 is 0 Å². The van der Waals surface area contributed by atoms with Gasteiger partial charge in [0.2, 0.25) is 10.0 Å². The molecular formula is C17H17ClN2O4S. The first-order valence-electron chi connectivity index (χ1n) is 7.74. The Morgan fingerprint density at radius 1 is 1.28 bits per heavy atom. The van der Waals surface area contributed by atoms with Gasteiger partial charge in [0.05, 0.1) is 20.9 Å². The molecule has 0 fully saturated rings. The average Bonchev–Trinajstić information content (AvgIpc) is 2.99. The molecule has 8 heteroatoms. The summed E-state index contributed by atoms with van der Waals surface area (Å²) in [6.45, 7) is 1.49. The van der Waals surface area contributed by atoms with Crippen molar-refractivity contribution in [2.24, 2.45) is 0 Å². The van der Waals surface area contributed by atoms with Crippen LogP contribution in [0.5, 0.6) is 0 Å². The topological polar surface area (TPSA) is 80.5 Å². The van der Waals surface area contributed by atoms with Gasteiger partial charge in [-0.2, -0.15) is 4.31 Å². The lowest BCUT2D eigenvalue weighted by atomic mass is 10.1. The summed E-state index contributed by atoms with van der Waals surface area (Å²) in [5.41, 5.74) is 2.05. The number of sulfonamides is 1. The van der Waals surface area contributed by atoms with E-state index in [1.165, 1.54) is 24.3 Å². The van der Waals surface area contributed by atoms with Crippen molar-refractivity contribution in [2.45, 2.75) is 30.7 Å². The van der Waals surface area contributed by atoms with Crippen molar-refractivity contribution in [3.63, 3.8) is 0 Å². The molecule has 0 amide bonds. The minimum absolute atomic E-state index is 0.0630. The van der Waals surface area contributed by atoms with Crippen molar-refractivity contribution < 1.29 is 13.3 Å². The zero-order valence-electron chi connectivity index (χ0n) is 13.8. The smallest absolute Gasteiger partial charge is 0.258 e. The number of fused-ring (bicyclic) bond motifs is 1. The van der Waals surface area contributed by atoms with Gasteiger partial charge in [0.25, 0.3) is 5.69 Å². The SMILES string of the molecule is Cc1c(Cl)cc(S(=O)(=O)N(C)C2CCc3ccccc32)cc1[N+](=O)[O-]. The van der Waals surface area contributed by atoms with E-state index < -0.39 is 14.9 Å². The van der Waals surface area contributed by atoms with Gasteiger partial charge in [0.1, 0.15) is 0 Å². The lowest BCUT2D eigenvalue weighted by Crippen LogP contribution is -2.30. The zero-order valence-corrected chi connectivity index (χ0v) is 15.3. The van der Waals surface area contributed by atoms with Gasteiger partial charge >= 0.3 is 0 Å². The van der Waals surface area contributed by atoms with Crippen LogP contribution in [0, 0.1) is 17.0 Å². The van der Waals surface area contributed by atoms with E-state index in [2.05, 4.69) is 0 Å². The van der Waals surface area contributed by atoms with Crippen molar-refractivity contribution in [3.05, 3.63) is 68.2 Å². The van der Waals surface area contributed by atoms with Gasteiger partial charge in [-0.15, -0.1) is 0 Å². The molecule has 0 radical (unpaired) electrons. The highest BCUT2D eigenvalue weighted by Crippen LogP contribution is 2.38. The van der Waals surface area contributed by atoms with Crippen LogP contribution in [0.25, 0.3) is 0 Å². The van der Waals surface area contributed by atoms with Gasteiger partial charge < -0.3 is 0 Å². The van der Waals surface area contributed by atoms with Crippen molar-refractivity contribution in [3.8, 4) is 0 Å². The maximum atomic E-state index is 13.0. The number of rotatable bonds is 4. The van der Waals surface area contributed by atoms with Crippen molar-refractivity contribution >= 4 is 27.3 Å². The molecule has 0 saturated heterocycles. The first-order chi connectivity index (χ1) is 11.7. The van der Waals surface area contributed by atoms with Gasteiger partial charge in [-0.25, -0.2) is 8.42 Å². The second-order valence-corrected chi connectivity index (χ2v) is 8.49. The predicted molar refractivity (Wildman–Crippen MR) is 95.3 cm³/mol. The standard InChI is InChI=1S/C17H17ClN2O4S/c1-11-15(18)9-13(10-17(11)20(21)22)25(23,24)19(2)16-8-7-12-5-3-4-6-14(12)16/h3-6,9-10,16H,7-8H2,1-2H3. The Kier molecular flexibility index (Phi) is 4.57. The third kappa shape index (κ3) is 3.03. The fourth-order valence-electron chi connectivity index (χ4n) is 3.22. The summed E-state index contributed by atoms with van der Waals surface area (Å²) in [6.07, 6.45) is 1.48. The molecule has 0 heterocycles. The molecule has 0 N–H and O–H groups in total. The largest absolute Gasteiger partial charge is 0.275 e. The summed E-state index contributed by atoms with van der Waals surface area (Å²) < 4.78 is 27.3. The van der Waals surface area contributed by atoms with Crippen LogP contribution in [0.15, 0.2) is 41.3 Å². The quantitative estimate of drug-likeness (QED) is 0.595. The van der Waals surface area contributed by atoms with Crippen LogP contribution in [-0.2, 0) is 16.4 Å². The van der Waals surface area contributed by atoms with Gasteiger partial charge in [-0.3, -0.25) is 10.1 Å². The van der Waals surface area contributed by atoms with Crippen LogP contribution in [-0.4, -0.2) is 24.7 Å². The van der Waals surface area contributed by atoms with Crippen LogP contribution >= 0.6 is 11.6 Å². The van der Waals surface area contributed by atoms with Crippen LogP contribution < -0.4 is 0 Å². The van der Waals surface area contributed by atoms with Crippen molar-refractivity contribution in [2.75, 3.05) is 7.05 Å². The Bertz CT molecular complexity index is 959. The Morgan fingerprint density at radius 2 is 1.96 bits per heavy atom. The zero-order chi connectivity index (χ0) is 18.4. The third-order valence-electron chi connectivity index (χ3n) is 4.70. The average molecular weight is 381 g/mol. The Balaban J connectivity index is 2.04. The summed E-state index contributed by atoms with van der Waals surface area (Å²) in [5, 5.41) is 11.2. The van der Waals surface area contributed by atoms with Crippen LogP contribution in [0.1, 0.15) is 29.2 Å². The molecule has 1 unspecified atom stereocenters. The van der Waals surface area contributed by atoms with Crippen LogP contribution in [0.4, 0.5) is 5.69 Å². The van der Waals surface area contributed by atoms with E-state index in [0.717, 1.165) is 23.6 Å². The van der Waals surface area contributed by atoms with Gasteiger partial charge in [-0.05, 0) is 37.0 Å². The summed E-state index contributed by atoms with van der Waals surface area (Å²) >= 11 is 6.03. The van der Waals surface area contributed by atoms with E-state index in [9.17, 15) is 18.5 Å². The molecule has 6 nitrogen and oxygen atoms in total. The molecule has 2 aromatic rings. The van der Waals surface area contributed by atoms with Crippen molar-refractivity contribution in [1.29, 1.82) is 0 Å². The summed E-state index contributed by atoms with van der Waals surface area (Å²) in [4.78, 5) is 10.4. The highest BCUT2D eigenvalue weighted by molar-refractivity contribution is 7.89. The van der Waals surface area contributed by atoms with E-state index in [1.807, 2.05) is 24.3 Å². The number of benzene rings is 2. The molecule has 0 aromatic heterocycles. The first-order valence-corrected chi connectivity index (χ1v) is 9.55. The van der Waals surface area contributed by atoms with E-state index in [-0.39, 0.29) is 27.2 Å². The molecule has 132 valence electrons. The molecule has 3 rings (SSSR count). The lowest BCUT2D eigenvalue weighted by Gasteiger charge is -2.25. The summed E-state index contributed by atoms with van der Waals surface area (Å²) in [6, 6.07) is 9.78. The second kappa shape index (κ2) is 6.40. The summed E-state index contributed by atoms with van der Waals surface area (Å²) in [7, 11) is -2.41. The molecule has 1 aliphatic rings. The lowest BCUT2D eigenvalue weighted by molar-refractivity contribution is -0.385. The number of halogens is 1. The number of aryl methyl sites for hydroxylation is 1. The Hall–Kier alpha value is -1.96. The molecule has 0 bridgehead atoms. The van der Waals surface area contributed by atoms with Crippen molar-refractivity contribution in [1.82, 2.24) is 4.31 Å². The highest BCUT2D eigenvalue weighted by atomic mass is 35.5. The van der Waals surface area contributed by atoms with E-state index in [1.54, 1.807) is 0 Å². The maximum Gasteiger partial charge on any atom is 0.275 e. The monoisotopic (exact) mass is 380 g/mol. The minimum atomic E-state index is -3.92. The molecule has 0 spiro atoms. The summed E-state index contributed by atoms with van der Waals surface area (Å²) in [5.74, 6) is 0. The number of nitrogens with zero attached hydrogens (tertiary/aromatic N) is 2. The molecular weight excluding hydrogens is 364 g/mol. The first kappa shape index (κ1) is 17.8. The number of nitro benzene ring substituents is 1. The van der Waals surface area contributed by atoms with Gasteiger partial charge in [0.15, 0.2) is 0 Å². The number of nitro groups is 1. The Morgan fingerprint density at radius 3 is 2.64 bits per heavy atom. The van der Waals surface area contributed by atoms with Gasteiger partial charge in [-0.1, -0.05) is 35.9 Å². The van der Waals surface area contributed by atoms with E-state index in [4.69, 9.17) is 11.6 Å². The number of hydrogen-bond acceptors (Lipinski definition) is 4. The third-order valence-corrected chi connectivity index (χ3v) is 6.94. The van der Waals surface area contributed by atoms with E-state index in [0.29, 0.717) is 6.42 Å².